The zero-order chi connectivity index (χ0) is 27.6. The summed E-state index contributed by atoms with van der Waals surface area (Å²) >= 11 is 0. The Balaban J connectivity index is 1.50. The number of piperidine rings is 1. The molecular weight excluding hydrogens is 510 g/mol. The van der Waals surface area contributed by atoms with E-state index in [4.69, 9.17) is 10.5 Å². The molecule has 0 spiro atoms. The number of carbonyl (C=O) groups excluding carboxylic acids is 2. The molecule has 38 heavy (non-hydrogen) atoms. The molecule has 1 atom stereocenters. The number of pyridine rings is 1. The van der Waals surface area contributed by atoms with Gasteiger partial charge in [-0.1, -0.05) is 0 Å². The largest absolute Gasteiger partial charge is 0.463 e. The van der Waals surface area contributed by atoms with Crippen molar-refractivity contribution < 1.29 is 31.9 Å². The van der Waals surface area contributed by atoms with Gasteiger partial charge in [-0.2, -0.15) is 28.1 Å². The first-order chi connectivity index (χ1) is 17.9. The molecule has 2 fully saturated rings. The highest BCUT2D eigenvalue weighted by atomic mass is 19.4. The number of nitrogens with two attached hydrogens (primary N) is 1. The number of alkyl halides is 4. The average molecular weight is 540 g/mol. The SMILES string of the molecule is CC(=O)c1nc(C2CCN(c3nc(OCC4CC(F)C4)nc(C(=O)N[C@@H](C)C(F)(F)F)n3)CC2)ccc1N. The third-order valence-corrected chi connectivity index (χ3v) is 6.75. The number of aromatic nitrogens is 4. The number of nitrogen functional groups attached to an aromatic ring is 1. The molecule has 1 amide bonds. The average Bonchev–Trinajstić information content (AvgIpc) is 2.85. The molecule has 0 aromatic carbocycles. The molecule has 1 saturated carbocycles. The normalized spacial score (nSPS) is 20.9. The van der Waals surface area contributed by atoms with Crippen LogP contribution in [-0.2, 0) is 0 Å². The fraction of sp³-hybridized carbons (Fsp3) is 0.583. The van der Waals surface area contributed by atoms with Crippen LogP contribution in [0, 0.1) is 5.92 Å². The molecule has 2 aliphatic rings. The Morgan fingerprint density at radius 1 is 1.16 bits per heavy atom. The van der Waals surface area contributed by atoms with Crippen LogP contribution in [0.25, 0.3) is 0 Å². The summed E-state index contributed by atoms with van der Waals surface area (Å²) in [5.74, 6) is -1.76. The number of Topliss-reactive ketones (excluding diaryl/α,β-unsaturated/α-hetero) is 1. The van der Waals surface area contributed by atoms with Crippen LogP contribution in [0.4, 0.5) is 29.2 Å². The van der Waals surface area contributed by atoms with Crippen LogP contribution in [0.5, 0.6) is 6.01 Å². The van der Waals surface area contributed by atoms with Crippen molar-refractivity contribution >= 4 is 23.3 Å². The highest BCUT2D eigenvalue weighted by Crippen LogP contribution is 2.32. The number of rotatable bonds is 8. The number of carbonyl (C=O) groups is 2. The van der Waals surface area contributed by atoms with Crippen molar-refractivity contribution in [2.45, 2.75) is 63.8 Å². The van der Waals surface area contributed by atoms with Gasteiger partial charge in [0.15, 0.2) is 5.78 Å². The highest BCUT2D eigenvalue weighted by molar-refractivity contribution is 5.97. The predicted octanol–water partition coefficient (Wildman–Crippen LogP) is 3.24. The van der Waals surface area contributed by atoms with E-state index in [9.17, 15) is 27.2 Å². The summed E-state index contributed by atoms with van der Waals surface area (Å²) in [6.07, 6.45) is -3.62. The standard InChI is InChI=1S/C24H29F4N7O3/c1-12(36)19-17(29)3-4-18(31-19)15-5-7-35(8-6-15)22-32-20(21(37)30-13(2)24(26,27)28)33-23(34-22)38-11-14-9-16(25)10-14/h3-4,13-16H,5-11,29H2,1-2H3,(H,30,37)/t13-,14?,16?/m0/s1. The summed E-state index contributed by atoms with van der Waals surface area (Å²) < 4.78 is 57.6. The van der Waals surface area contributed by atoms with Gasteiger partial charge >= 0.3 is 12.2 Å². The lowest BCUT2D eigenvalue weighted by atomic mass is 9.84. The summed E-state index contributed by atoms with van der Waals surface area (Å²) in [6, 6.07) is 1.11. The van der Waals surface area contributed by atoms with Crippen LogP contribution < -0.4 is 20.7 Å². The number of halogens is 4. The number of ketones is 1. The van der Waals surface area contributed by atoms with Gasteiger partial charge in [0.1, 0.15) is 17.9 Å². The molecule has 1 aliphatic carbocycles. The van der Waals surface area contributed by atoms with Crippen molar-refractivity contribution in [1.29, 1.82) is 0 Å². The van der Waals surface area contributed by atoms with Crippen molar-refractivity contribution in [2.75, 3.05) is 30.3 Å². The number of ether oxygens (including phenoxy) is 1. The summed E-state index contributed by atoms with van der Waals surface area (Å²) in [4.78, 5) is 42.9. The van der Waals surface area contributed by atoms with E-state index in [2.05, 4.69) is 19.9 Å². The smallest absolute Gasteiger partial charge is 0.408 e. The van der Waals surface area contributed by atoms with Crippen LogP contribution in [0.2, 0.25) is 0 Å². The molecule has 206 valence electrons. The zero-order valence-electron chi connectivity index (χ0n) is 21.0. The Morgan fingerprint density at radius 2 is 1.84 bits per heavy atom. The van der Waals surface area contributed by atoms with Crippen LogP contribution in [0.15, 0.2) is 12.1 Å². The van der Waals surface area contributed by atoms with Crippen LogP contribution >= 0.6 is 0 Å². The van der Waals surface area contributed by atoms with Crippen molar-refractivity contribution in [1.82, 2.24) is 25.3 Å². The Morgan fingerprint density at radius 3 is 2.45 bits per heavy atom. The second-order valence-electron chi connectivity index (χ2n) is 9.72. The van der Waals surface area contributed by atoms with Gasteiger partial charge in [-0.05, 0) is 50.7 Å². The summed E-state index contributed by atoms with van der Waals surface area (Å²) in [5.41, 5.74) is 7.11. The van der Waals surface area contributed by atoms with Gasteiger partial charge in [0.2, 0.25) is 11.8 Å². The molecule has 4 rings (SSSR count). The van der Waals surface area contributed by atoms with E-state index in [1.54, 1.807) is 17.0 Å². The van der Waals surface area contributed by atoms with E-state index in [0.717, 1.165) is 12.6 Å². The van der Waals surface area contributed by atoms with Crippen molar-refractivity contribution in [3.05, 3.63) is 29.3 Å². The van der Waals surface area contributed by atoms with Gasteiger partial charge in [-0.15, -0.1) is 0 Å². The molecule has 1 saturated heterocycles. The van der Waals surface area contributed by atoms with Crippen LogP contribution in [-0.4, -0.2) is 69.7 Å². The first-order valence-corrected chi connectivity index (χ1v) is 12.3. The van der Waals surface area contributed by atoms with Crippen LogP contribution in [0.3, 0.4) is 0 Å². The molecule has 2 aromatic heterocycles. The van der Waals surface area contributed by atoms with Gasteiger partial charge in [-0.25, -0.2) is 9.37 Å². The monoisotopic (exact) mass is 539 g/mol. The summed E-state index contributed by atoms with van der Waals surface area (Å²) in [6.45, 7) is 3.22. The number of anilines is 2. The van der Waals surface area contributed by atoms with Gasteiger partial charge in [0.05, 0.1) is 12.3 Å². The number of hydrogen-bond donors (Lipinski definition) is 2. The Hall–Kier alpha value is -3.58. The minimum Gasteiger partial charge on any atom is -0.463 e. The van der Waals surface area contributed by atoms with Crippen molar-refractivity contribution in [2.24, 2.45) is 5.92 Å². The Bertz CT molecular complexity index is 1180. The van der Waals surface area contributed by atoms with Gasteiger partial charge in [-0.3, -0.25) is 9.59 Å². The van der Waals surface area contributed by atoms with E-state index >= 15 is 0 Å². The molecule has 14 heteroatoms. The summed E-state index contributed by atoms with van der Waals surface area (Å²) in [5, 5.41) is 1.85. The lowest BCUT2D eigenvalue weighted by Gasteiger charge is -2.32. The number of amides is 1. The fourth-order valence-corrected chi connectivity index (χ4v) is 4.35. The second kappa shape index (κ2) is 11.0. The Labute approximate surface area is 216 Å². The topological polar surface area (TPSA) is 136 Å². The minimum atomic E-state index is -4.64. The lowest BCUT2D eigenvalue weighted by Crippen LogP contribution is -2.44. The lowest BCUT2D eigenvalue weighted by molar-refractivity contribution is -0.149. The quantitative estimate of drug-likeness (QED) is 0.383. The molecule has 2 aromatic rings. The Kier molecular flexibility index (Phi) is 7.97. The van der Waals surface area contributed by atoms with Gasteiger partial charge in [0.25, 0.3) is 5.91 Å². The highest BCUT2D eigenvalue weighted by Gasteiger charge is 2.38. The minimum absolute atomic E-state index is 0.0317. The van der Waals surface area contributed by atoms with E-state index in [0.29, 0.717) is 44.5 Å². The molecule has 0 unspecified atom stereocenters. The molecular formula is C24H29F4N7O3. The van der Waals surface area contributed by atoms with Crippen molar-refractivity contribution in [3.63, 3.8) is 0 Å². The first-order valence-electron chi connectivity index (χ1n) is 12.3. The van der Waals surface area contributed by atoms with Gasteiger partial charge < -0.3 is 20.7 Å². The van der Waals surface area contributed by atoms with Crippen LogP contribution in [0.1, 0.15) is 72.3 Å². The third kappa shape index (κ3) is 6.45. The third-order valence-electron chi connectivity index (χ3n) is 6.75. The maximum atomic E-state index is 13.1. The number of nitrogens with one attached hydrogen (secondary N) is 1. The molecule has 10 nitrogen and oxygen atoms in total. The maximum absolute atomic E-state index is 13.1. The molecule has 3 N–H and O–H groups in total. The number of hydrogen-bond acceptors (Lipinski definition) is 9. The van der Waals surface area contributed by atoms with E-state index in [1.165, 1.54) is 6.92 Å². The van der Waals surface area contributed by atoms with E-state index in [-0.39, 0.29) is 41.9 Å². The second-order valence-corrected chi connectivity index (χ2v) is 9.72. The molecule has 3 heterocycles. The predicted molar refractivity (Wildman–Crippen MR) is 129 cm³/mol. The molecule has 0 radical (unpaired) electrons. The van der Waals surface area contributed by atoms with E-state index < -0.39 is 30.1 Å². The maximum Gasteiger partial charge on any atom is 0.408 e. The first kappa shape index (κ1) is 27.5. The van der Waals surface area contributed by atoms with Crippen molar-refractivity contribution in [3.8, 4) is 6.01 Å². The zero-order valence-corrected chi connectivity index (χ0v) is 21.0. The fourth-order valence-electron chi connectivity index (χ4n) is 4.35. The van der Waals surface area contributed by atoms with E-state index in [1.807, 2.05) is 5.32 Å². The molecule has 1 aliphatic heterocycles. The summed E-state index contributed by atoms with van der Waals surface area (Å²) in [7, 11) is 0. The number of nitrogens with zero attached hydrogens (tertiary/aromatic N) is 5. The molecule has 0 bridgehead atoms. The van der Waals surface area contributed by atoms with Gasteiger partial charge in [0, 0.05) is 31.6 Å².